The SMILES string of the molecule is COc1ccc(NC(=O)C2=C(C)Nc3nc4ccccc4n3[C@H]2c2ccc(F)cc2)c(OC)c1. The molecule has 1 aromatic heterocycles. The summed E-state index contributed by atoms with van der Waals surface area (Å²) >= 11 is 0. The van der Waals surface area contributed by atoms with Gasteiger partial charge in [0.1, 0.15) is 17.3 Å². The number of hydrogen-bond donors (Lipinski definition) is 2. The van der Waals surface area contributed by atoms with Crippen LogP contribution in [-0.2, 0) is 4.79 Å². The van der Waals surface area contributed by atoms with Crippen LogP contribution in [0.3, 0.4) is 0 Å². The van der Waals surface area contributed by atoms with Crippen LogP contribution in [-0.4, -0.2) is 29.7 Å². The maximum atomic E-state index is 13.8. The molecule has 4 aromatic rings. The van der Waals surface area contributed by atoms with E-state index >= 15 is 0 Å². The zero-order valence-corrected chi connectivity index (χ0v) is 18.9. The van der Waals surface area contributed by atoms with E-state index in [0.717, 1.165) is 16.6 Å². The fourth-order valence-corrected chi connectivity index (χ4v) is 4.31. The monoisotopic (exact) mass is 458 g/mol. The molecule has 2 heterocycles. The lowest BCUT2D eigenvalue weighted by Gasteiger charge is -2.31. The van der Waals surface area contributed by atoms with Crippen molar-refractivity contribution in [3.05, 3.63) is 89.4 Å². The molecule has 34 heavy (non-hydrogen) atoms. The lowest BCUT2D eigenvalue weighted by Crippen LogP contribution is -2.31. The molecule has 0 spiro atoms. The fraction of sp³-hybridized carbons (Fsp3) is 0.154. The van der Waals surface area contributed by atoms with Gasteiger partial charge in [0.25, 0.3) is 5.91 Å². The second-order valence-corrected chi connectivity index (χ2v) is 7.93. The lowest BCUT2D eigenvalue weighted by molar-refractivity contribution is -0.113. The summed E-state index contributed by atoms with van der Waals surface area (Å²) in [7, 11) is 3.09. The number of benzene rings is 3. The highest BCUT2D eigenvalue weighted by Crippen LogP contribution is 2.40. The van der Waals surface area contributed by atoms with E-state index in [9.17, 15) is 9.18 Å². The number of ether oxygens (including phenoxy) is 2. The van der Waals surface area contributed by atoms with Gasteiger partial charge in [0, 0.05) is 11.8 Å². The summed E-state index contributed by atoms with van der Waals surface area (Å²) in [5.41, 5.74) is 4.07. The van der Waals surface area contributed by atoms with E-state index in [4.69, 9.17) is 14.5 Å². The minimum absolute atomic E-state index is 0.314. The normalized spacial score (nSPS) is 15.0. The number of nitrogens with zero attached hydrogens (tertiary/aromatic N) is 2. The van der Waals surface area contributed by atoms with Gasteiger partial charge in [0.05, 0.1) is 42.6 Å². The summed E-state index contributed by atoms with van der Waals surface area (Å²) in [4.78, 5) is 18.4. The number of anilines is 2. The number of fused-ring (bicyclic) bond motifs is 3. The van der Waals surface area contributed by atoms with Crippen LogP contribution >= 0.6 is 0 Å². The molecule has 5 rings (SSSR count). The van der Waals surface area contributed by atoms with Crippen LogP contribution in [0.15, 0.2) is 78.0 Å². The number of methoxy groups -OCH3 is 2. The van der Waals surface area contributed by atoms with Crippen LogP contribution < -0.4 is 20.1 Å². The Hall–Kier alpha value is -4.33. The minimum Gasteiger partial charge on any atom is -0.497 e. The topological polar surface area (TPSA) is 77.4 Å². The number of carbonyl (C=O) groups is 1. The number of halogens is 1. The van der Waals surface area contributed by atoms with Gasteiger partial charge in [0.15, 0.2) is 0 Å². The van der Waals surface area contributed by atoms with Gasteiger partial charge >= 0.3 is 0 Å². The van der Waals surface area contributed by atoms with Crippen molar-refractivity contribution in [1.29, 1.82) is 0 Å². The molecule has 8 heteroatoms. The summed E-state index contributed by atoms with van der Waals surface area (Å²) in [6, 6.07) is 18.5. The number of imidazole rings is 1. The highest BCUT2D eigenvalue weighted by atomic mass is 19.1. The summed E-state index contributed by atoms with van der Waals surface area (Å²) in [5, 5.41) is 6.24. The number of aromatic nitrogens is 2. The Morgan fingerprint density at radius 3 is 2.56 bits per heavy atom. The van der Waals surface area contributed by atoms with Crippen molar-refractivity contribution in [3.8, 4) is 11.5 Å². The highest BCUT2D eigenvalue weighted by Gasteiger charge is 2.34. The van der Waals surface area contributed by atoms with Crippen molar-refractivity contribution in [2.24, 2.45) is 0 Å². The van der Waals surface area contributed by atoms with Gasteiger partial charge in [-0.2, -0.15) is 0 Å². The van der Waals surface area contributed by atoms with E-state index in [-0.39, 0.29) is 11.7 Å². The van der Waals surface area contributed by atoms with Crippen molar-refractivity contribution < 1.29 is 18.7 Å². The van der Waals surface area contributed by atoms with Gasteiger partial charge in [0.2, 0.25) is 5.95 Å². The van der Waals surface area contributed by atoms with Crippen LogP contribution in [0.2, 0.25) is 0 Å². The molecule has 0 unspecified atom stereocenters. The number of hydrogen-bond acceptors (Lipinski definition) is 5. The largest absolute Gasteiger partial charge is 0.497 e. The molecule has 172 valence electrons. The molecular weight excluding hydrogens is 435 g/mol. The second kappa shape index (κ2) is 8.55. The molecule has 3 aromatic carbocycles. The second-order valence-electron chi connectivity index (χ2n) is 7.93. The van der Waals surface area contributed by atoms with E-state index in [2.05, 4.69) is 10.6 Å². The summed E-state index contributed by atoms with van der Waals surface area (Å²) < 4.78 is 26.4. The Kier molecular flexibility index (Phi) is 5.41. The summed E-state index contributed by atoms with van der Waals surface area (Å²) in [6.45, 7) is 1.83. The predicted octanol–water partition coefficient (Wildman–Crippen LogP) is 5.12. The van der Waals surface area contributed by atoms with Gasteiger partial charge in [-0.05, 0) is 48.9 Å². The average Bonchev–Trinajstić information content (AvgIpc) is 3.21. The Morgan fingerprint density at radius 2 is 1.82 bits per heavy atom. The maximum Gasteiger partial charge on any atom is 0.255 e. The number of rotatable bonds is 5. The van der Waals surface area contributed by atoms with E-state index in [1.807, 2.05) is 35.8 Å². The average molecular weight is 458 g/mol. The number of allylic oxidation sites excluding steroid dienone is 1. The summed E-state index contributed by atoms with van der Waals surface area (Å²) in [6.07, 6.45) is 0. The fourth-order valence-electron chi connectivity index (χ4n) is 4.31. The highest BCUT2D eigenvalue weighted by molar-refractivity contribution is 6.07. The molecule has 0 saturated heterocycles. The number of amides is 1. The van der Waals surface area contributed by atoms with E-state index in [1.165, 1.54) is 19.2 Å². The van der Waals surface area contributed by atoms with Gasteiger partial charge in [-0.25, -0.2) is 9.37 Å². The van der Waals surface area contributed by atoms with Crippen molar-refractivity contribution in [2.75, 3.05) is 24.9 Å². The van der Waals surface area contributed by atoms with Gasteiger partial charge in [-0.1, -0.05) is 24.3 Å². The molecule has 0 aliphatic carbocycles. The lowest BCUT2D eigenvalue weighted by atomic mass is 9.94. The molecule has 0 saturated carbocycles. The van der Waals surface area contributed by atoms with Crippen molar-refractivity contribution in [3.63, 3.8) is 0 Å². The first-order valence-corrected chi connectivity index (χ1v) is 10.7. The Bertz CT molecular complexity index is 1430. The first-order valence-electron chi connectivity index (χ1n) is 10.7. The van der Waals surface area contributed by atoms with Crippen LogP contribution in [0.1, 0.15) is 18.5 Å². The van der Waals surface area contributed by atoms with Crippen LogP contribution in [0.5, 0.6) is 11.5 Å². The molecule has 2 N–H and O–H groups in total. The van der Waals surface area contributed by atoms with E-state index in [1.54, 1.807) is 37.4 Å². The van der Waals surface area contributed by atoms with E-state index in [0.29, 0.717) is 34.4 Å². The molecule has 1 aliphatic heterocycles. The molecule has 1 atom stereocenters. The number of nitrogens with one attached hydrogen (secondary N) is 2. The van der Waals surface area contributed by atoms with Crippen LogP contribution in [0.25, 0.3) is 11.0 Å². The molecular formula is C26H23FN4O3. The van der Waals surface area contributed by atoms with Gasteiger partial charge in [-0.3, -0.25) is 9.36 Å². The van der Waals surface area contributed by atoms with E-state index < -0.39 is 6.04 Å². The minimum atomic E-state index is -0.520. The van der Waals surface area contributed by atoms with Gasteiger partial charge < -0.3 is 20.1 Å². The molecule has 0 radical (unpaired) electrons. The van der Waals surface area contributed by atoms with Crippen molar-refractivity contribution >= 4 is 28.6 Å². The first kappa shape index (κ1) is 21.5. The molecule has 0 bridgehead atoms. The molecule has 1 aliphatic rings. The zero-order valence-electron chi connectivity index (χ0n) is 18.9. The summed E-state index contributed by atoms with van der Waals surface area (Å²) in [5.74, 6) is 1.05. The predicted molar refractivity (Wildman–Crippen MR) is 129 cm³/mol. The van der Waals surface area contributed by atoms with Crippen molar-refractivity contribution in [2.45, 2.75) is 13.0 Å². The third kappa shape index (κ3) is 3.63. The Labute approximate surface area is 195 Å². The Morgan fingerprint density at radius 1 is 1.06 bits per heavy atom. The third-order valence-electron chi connectivity index (χ3n) is 5.92. The van der Waals surface area contributed by atoms with Crippen LogP contribution in [0, 0.1) is 5.82 Å². The molecule has 1 amide bonds. The standard InChI is InChI=1S/C26H23FN4O3/c1-15-23(25(32)29-20-13-12-18(33-2)14-22(20)34-3)24(16-8-10-17(27)11-9-16)31-21-7-5-4-6-19(21)30-26(31)28-15/h4-14,24H,1-3H3,(H,28,30)(H,29,32)/t24-/m0/s1. The molecule has 0 fully saturated rings. The van der Waals surface area contributed by atoms with Crippen LogP contribution in [0.4, 0.5) is 16.0 Å². The smallest absolute Gasteiger partial charge is 0.255 e. The zero-order chi connectivity index (χ0) is 23.8. The van der Waals surface area contributed by atoms with Gasteiger partial charge in [-0.15, -0.1) is 0 Å². The Balaban J connectivity index is 1.63. The maximum absolute atomic E-state index is 13.8. The first-order chi connectivity index (χ1) is 16.5. The molecule has 7 nitrogen and oxygen atoms in total. The van der Waals surface area contributed by atoms with Crippen molar-refractivity contribution in [1.82, 2.24) is 9.55 Å². The third-order valence-corrected chi connectivity index (χ3v) is 5.92. The number of carbonyl (C=O) groups excluding carboxylic acids is 1. The number of para-hydroxylation sites is 2. The quantitative estimate of drug-likeness (QED) is 0.434.